The fourth-order valence-corrected chi connectivity index (χ4v) is 1.63. The highest BCUT2D eigenvalue weighted by molar-refractivity contribution is 5.21. The molecule has 0 fully saturated rings. The zero-order chi connectivity index (χ0) is 14.9. The third-order valence-electron chi connectivity index (χ3n) is 2.59. The van der Waals surface area contributed by atoms with Gasteiger partial charge in [0.1, 0.15) is 24.7 Å². The van der Waals surface area contributed by atoms with Crippen molar-refractivity contribution in [1.29, 1.82) is 0 Å². The standard InChI is InChI=1S/C16H18O5/c17-15(11-19-13-7-3-1-4-8-13)21-16(18)12-20-14-9-5-2-6-10-14/h1-10,15-18H,11-12H2. The van der Waals surface area contributed by atoms with E-state index in [1.54, 1.807) is 24.3 Å². The molecule has 0 heterocycles. The van der Waals surface area contributed by atoms with Gasteiger partial charge in [-0.1, -0.05) is 36.4 Å². The maximum atomic E-state index is 9.62. The van der Waals surface area contributed by atoms with E-state index in [0.717, 1.165) is 0 Å². The molecule has 21 heavy (non-hydrogen) atoms. The van der Waals surface area contributed by atoms with Crippen molar-refractivity contribution < 1.29 is 24.4 Å². The second-order valence-corrected chi connectivity index (χ2v) is 4.29. The van der Waals surface area contributed by atoms with Crippen LogP contribution >= 0.6 is 0 Å². The van der Waals surface area contributed by atoms with Gasteiger partial charge in [0.05, 0.1) is 0 Å². The van der Waals surface area contributed by atoms with Crippen molar-refractivity contribution in [1.82, 2.24) is 0 Å². The third-order valence-corrected chi connectivity index (χ3v) is 2.59. The second-order valence-electron chi connectivity index (χ2n) is 4.29. The largest absolute Gasteiger partial charge is 0.488 e. The van der Waals surface area contributed by atoms with Crippen LogP contribution in [-0.2, 0) is 4.74 Å². The molecule has 5 nitrogen and oxygen atoms in total. The van der Waals surface area contributed by atoms with E-state index in [1.807, 2.05) is 36.4 Å². The number of para-hydroxylation sites is 2. The number of rotatable bonds is 8. The molecule has 0 aliphatic heterocycles. The van der Waals surface area contributed by atoms with Crippen LogP contribution in [0.2, 0.25) is 0 Å². The molecular weight excluding hydrogens is 272 g/mol. The van der Waals surface area contributed by atoms with Gasteiger partial charge in [-0.25, -0.2) is 0 Å². The van der Waals surface area contributed by atoms with E-state index >= 15 is 0 Å². The molecule has 2 unspecified atom stereocenters. The van der Waals surface area contributed by atoms with E-state index in [0.29, 0.717) is 11.5 Å². The maximum absolute atomic E-state index is 9.62. The fourth-order valence-electron chi connectivity index (χ4n) is 1.63. The van der Waals surface area contributed by atoms with Crippen LogP contribution < -0.4 is 9.47 Å². The summed E-state index contributed by atoms with van der Waals surface area (Å²) < 4.78 is 15.6. The number of hydrogen-bond acceptors (Lipinski definition) is 5. The Labute approximate surface area is 123 Å². The van der Waals surface area contributed by atoms with Gasteiger partial charge < -0.3 is 24.4 Å². The first kappa shape index (κ1) is 15.3. The summed E-state index contributed by atoms with van der Waals surface area (Å²) in [4.78, 5) is 0. The van der Waals surface area contributed by atoms with Crippen molar-refractivity contribution in [2.45, 2.75) is 12.6 Å². The Morgan fingerprint density at radius 1 is 0.667 bits per heavy atom. The average molecular weight is 290 g/mol. The van der Waals surface area contributed by atoms with Crippen LogP contribution in [0, 0.1) is 0 Å². The number of hydrogen-bond donors (Lipinski definition) is 2. The van der Waals surface area contributed by atoms with Gasteiger partial charge in [-0.3, -0.25) is 0 Å². The predicted octanol–water partition coefficient (Wildman–Crippen LogP) is 1.80. The van der Waals surface area contributed by atoms with Crippen molar-refractivity contribution in [3.63, 3.8) is 0 Å². The minimum Gasteiger partial charge on any atom is -0.488 e. The molecule has 2 atom stereocenters. The molecular formula is C16H18O5. The second kappa shape index (κ2) is 8.26. The molecule has 0 saturated carbocycles. The Bertz CT molecular complexity index is 455. The Hall–Kier alpha value is -2.08. The summed E-state index contributed by atoms with van der Waals surface area (Å²) in [6.07, 6.45) is -2.47. The molecule has 0 radical (unpaired) electrons. The summed E-state index contributed by atoms with van der Waals surface area (Å²) in [5.74, 6) is 1.24. The monoisotopic (exact) mass is 290 g/mol. The number of aliphatic hydroxyl groups excluding tert-OH is 2. The molecule has 0 aromatic heterocycles. The van der Waals surface area contributed by atoms with Crippen molar-refractivity contribution in [3.05, 3.63) is 60.7 Å². The first-order valence-corrected chi connectivity index (χ1v) is 6.61. The van der Waals surface area contributed by atoms with E-state index in [9.17, 15) is 10.2 Å². The van der Waals surface area contributed by atoms with E-state index in [4.69, 9.17) is 14.2 Å². The van der Waals surface area contributed by atoms with Crippen LogP contribution in [0.3, 0.4) is 0 Å². The lowest BCUT2D eigenvalue weighted by atomic mass is 10.3. The zero-order valence-corrected chi connectivity index (χ0v) is 11.5. The van der Waals surface area contributed by atoms with Crippen LogP contribution in [0.4, 0.5) is 0 Å². The zero-order valence-electron chi connectivity index (χ0n) is 11.5. The topological polar surface area (TPSA) is 68.2 Å². The van der Waals surface area contributed by atoms with E-state index in [-0.39, 0.29) is 13.2 Å². The van der Waals surface area contributed by atoms with E-state index in [2.05, 4.69) is 0 Å². The van der Waals surface area contributed by atoms with Gasteiger partial charge in [0.25, 0.3) is 0 Å². The smallest absolute Gasteiger partial charge is 0.192 e. The lowest BCUT2D eigenvalue weighted by Gasteiger charge is -2.18. The maximum Gasteiger partial charge on any atom is 0.192 e. The highest BCUT2D eigenvalue weighted by atomic mass is 16.7. The molecule has 2 aromatic carbocycles. The van der Waals surface area contributed by atoms with Crippen molar-refractivity contribution in [3.8, 4) is 11.5 Å². The summed E-state index contributed by atoms with van der Waals surface area (Å²) in [7, 11) is 0. The van der Waals surface area contributed by atoms with Gasteiger partial charge in [-0.2, -0.15) is 0 Å². The molecule has 0 aliphatic rings. The van der Waals surface area contributed by atoms with Gasteiger partial charge in [-0.05, 0) is 24.3 Å². The minimum absolute atomic E-state index is 0.0770. The molecule has 2 rings (SSSR count). The van der Waals surface area contributed by atoms with Crippen molar-refractivity contribution >= 4 is 0 Å². The highest BCUT2D eigenvalue weighted by Gasteiger charge is 2.13. The van der Waals surface area contributed by atoms with Gasteiger partial charge >= 0.3 is 0 Å². The molecule has 2 aromatic rings. The Morgan fingerprint density at radius 3 is 1.43 bits per heavy atom. The number of ether oxygens (including phenoxy) is 3. The van der Waals surface area contributed by atoms with Crippen LogP contribution in [0.1, 0.15) is 0 Å². The lowest BCUT2D eigenvalue weighted by Crippen LogP contribution is -2.30. The van der Waals surface area contributed by atoms with Crippen LogP contribution in [0.5, 0.6) is 11.5 Å². The first-order chi connectivity index (χ1) is 10.2. The summed E-state index contributed by atoms with van der Waals surface area (Å²) in [5, 5.41) is 19.2. The van der Waals surface area contributed by atoms with Crippen molar-refractivity contribution in [2.24, 2.45) is 0 Å². The predicted molar refractivity (Wildman–Crippen MR) is 77.0 cm³/mol. The average Bonchev–Trinajstić information content (AvgIpc) is 2.53. The summed E-state index contributed by atoms with van der Waals surface area (Å²) in [6.45, 7) is -0.154. The fraction of sp³-hybridized carbons (Fsp3) is 0.250. The molecule has 0 saturated heterocycles. The summed E-state index contributed by atoms with van der Waals surface area (Å²) >= 11 is 0. The van der Waals surface area contributed by atoms with Crippen LogP contribution in [0.25, 0.3) is 0 Å². The molecule has 0 spiro atoms. The van der Waals surface area contributed by atoms with Gasteiger partial charge in [0, 0.05) is 0 Å². The molecule has 0 aliphatic carbocycles. The number of benzene rings is 2. The summed E-state index contributed by atoms with van der Waals surface area (Å²) in [6, 6.07) is 18.1. The minimum atomic E-state index is -1.24. The molecule has 2 N–H and O–H groups in total. The van der Waals surface area contributed by atoms with E-state index in [1.165, 1.54) is 0 Å². The third kappa shape index (κ3) is 5.83. The molecule has 5 heteroatoms. The van der Waals surface area contributed by atoms with Crippen LogP contribution in [-0.4, -0.2) is 36.0 Å². The quantitative estimate of drug-likeness (QED) is 0.726. The van der Waals surface area contributed by atoms with Gasteiger partial charge in [0.2, 0.25) is 0 Å². The Kier molecular flexibility index (Phi) is 6.02. The Morgan fingerprint density at radius 2 is 1.05 bits per heavy atom. The highest BCUT2D eigenvalue weighted by Crippen LogP contribution is 2.10. The van der Waals surface area contributed by atoms with Crippen LogP contribution in [0.15, 0.2) is 60.7 Å². The number of aliphatic hydroxyl groups is 2. The Balaban J connectivity index is 1.66. The van der Waals surface area contributed by atoms with E-state index < -0.39 is 12.6 Å². The molecule has 0 amide bonds. The summed E-state index contributed by atoms with van der Waals surface area (Å²) in [5.41, 5.74) is 0. The lowest BCUT2D eigenvalue weighted by molar-refractivity contribution is -0.224. The SMILES string of the molecule is OC(COc1ccccc1)OC(O)COc1ccccc1. The first-order valence-electron chi connectivity index (χ1n) is 6.61. The molecule has 0 bridgehead atoms. The van der Waals surface area contributed by atoms with Gasteiger partial charge in [-0.15, -0.1) is 0 Å². The van der Waals surface area contributed by atoms with Gasteiger partial charge in [0.15, 0.2) is 12.6 Å². The normalized spacial score (nSPS) is 13.4. The van der Waals surface area contributed by atoms with Crippen molar-refractivity contribution in [2.75, 3.05) is 13.2 Å². The molecule has 112 valence electrons.